The van der Waals surface area contributed by atoms with Gasteiger partial charge in [-0.15, -0.1) is 0 Å². The number of likely N-dealkylation sites (tertiary alicyclic amines) is 2. The van der Waals surface area contributed by atoms with Gasteiger partial charge in [-0.3, -0.25) is 9.69 Å². The highest BCUT2D eigenvalue weighted by atomic mass is 16.5. The van der Waals surface area contributed by atoms with Crippen LogP contribution in [-0.2, 0) is 4.79 Å². The first-order valence-corrected chi connectivity index (χ1v) is 9.93. The van der Waals surface area contributed by atoms with E-state index in [1.54, 1.807) is 14.2 Å². The summed E-state index contributed by atoms with van der Waals surface area (Å²) in [6.45, 7) is 4.59. The number of nitrogens with zero attached hydrogens (tertiary/aromatic N) is 2. The summed E-state index contributed by atoms with van der Waals surface area (Å²) in [6, 6.07) is 6.66. The third kappa shape index (κ3) is 3.98. The number of methoxy groups -OCH3 is 2. The smallest absolute Gasteiger partial charge is 0.237 e. The van der Waals surface area contributed by atoms with Gasteiger partial charge in [0.05, 0.1) is 20.8 Å². The lowest BCUT2D eigenvalue weighted by atomic mass is 9.99. The summed E-state index contributed by atoms with van der Waals surface area (Å²) in [5, 5.41) is 0. The molecule has 1 aromatic rings. The average Bonchev–Trinajstić information content (AvgIpc) is 3.15. The van der Waals surface area contributed by atoms with Gasteiger partial charge < -0.3 is 14.4 Å². The van der Waals surface area contributed by atoms with Gasteiger partial charge in [-0.25, -0.2) is 0 Å². The molecule has 0 bridgehead atoms. The van der Waals surface area contributed by atoms with E-state index in [1.807, 2.05) is 12.1 Å². The Morgan fingerprint density at radius 1 is 1.12 bits per heavy atom. The third-order valence-electron chi connectivity index (χ3n) is 5.92. The Hall–Kier alpha value is -1.75. The van der Waals surface area contributed by atoms with E-state index in [-0.39, 0.29) is 11.9 Å². The lowest BCUT2D eigenvalue weighted by molar-refractivity contribution is -0.136. The fourth-order valence-corrected chi connectivity index (χ4v) is 4.48. The molecular weight excluding hydrogens is 328 g/mol. The fraction of sp³-hybridized carbons (Fsp3) is 0.667. The predicted octanol–water partition coefficient (Wildman–Crippen LogP) is 3.63. The molecule has 0 saturated carbocycles. The first-order chi connectivity index (χ1) is 12.7. The van der Waals surface area contributed by atoms with Crippen LogP contribution >= 0.6 is 0 Å². The van der Waals surface area contributed by atoms with Gasteiger partial charge in [0.15, 0.2) is 0 Å². The van der Waals surface area contributed by atoms with Crippen molar-refractivity contribution in [1.29, 1.82) is 0 Å². The zero-order valence-electron chi connectivity index (χ0n) is 16.4. The van der Waals surface area contributed by atoms with Crippen LogP contribution in [0, 0.1) is 0 Å². The molecule has 2 heterocycles. The number of ether oxygens (including phenoxy) is 2. The minimum Gasteiger partial charge on any atom is -0.497 e. The SMILES string of the molecule is CC[C@H]1CCCCN1C(=O)CN1CCC[C@H]1c1ccc(OC)cc1OC. The standard InChI is InChI=1S/C21H32N2O3/c1-4-16-8-5-6-13-23(16)21(24)15-22-12-7-9-19(22)18-11-10-17(25-2)14-20(18)26-3/h10-11,14,16,19H,4-9,12-13,15H2,1-3H3/t16-,19-/m0/s1. The monoisotopic (exact) mass is 360 g/mol. The molecule has 0 spiro atoms. The lowest BCUT2D eigenvalue weighted by Crippen LogP contribution is -2.47. The van der Waals surface area contributed by atoms with Crippen LogP contribution in [0.2, 0.25) is 0 Å². The van der Waals surface area contributed by atoms with E-state index in [0.29, 0.717) is 12.6 Å². The second-order valence-electron chi connectivity index (χ2n) is 7.38. The molecule has 2 fully saturated rings. The molecule has 0 unspecified atom stereocenters. The molecule has 2 atom stereocenters. The average molecular weight is 360 g/mol. The van der Waals surface area contributed by atoms with Crippen LogP contribution in [0.4, 0.5) is 0 Å². The number of rotatable bonds is 6. The van der Waals surface area contributed by atoms with Crippen LogP contribution in [0.15, 0.2) is 18.2 Å². The van der Waals surface area contributed by atoms with Gasteiger partial charge in [0.2, 0.25) is 5.91 Å². The molecule has 0 N–H and O–H groups in total. The summed E-state index contributed by atoms with van der Waals surface area (Å²) in [6.07, 6.45) is 6.77. The number of hydrogen-bond acceptors (Lipinski definition) is 4. The van der Waals surface area contributed by atoms with Crippen molar-refractivity contribution in [3.8, 4) is 11.5 Å². The second kappa shape index (κ2) is 8.76. The van der Waals surface area contributed by atoms with Crippen molar-refractivity contribution in [1.82, 2.24) is 9.80 Å². The Labute approximate surface area is 157 Å². The van der Waals surface area contributed by atoms with Gasteiger partial charge in [-0.05, 0) is 51.1 Å². The molecule has 26 heavy (non-hydrogen) atoms. The molecule has 3 rings (SSSR count). The molecule has 144 valence electrons. The third-order valence-corrected chi connectivity index (χ3v) is 5.92. The van der Waals surface area contributed by atoms with Crippen molar-refractivity contribution in [2.75, 3.05) is 33.9 Å². The van der Waals surface area contributed by atoms with Crippen LogP contribution in [0.25, 0.3) is 0 Å². The van der Waals surface area contributed by atoms with Crippen molar-refractivity contribution in [2.24, 2.45) is 0 Å². The van der Waals surface area contributed by atoms with Gasteiger partial charge in [0.25, 0.3) is 0 Å². The molecule has 0 radical (unpaired) electrons. The maximum atomic E-state index is 13.0. The van der Waals surface area contributed by atoms with Gasteiger partial charge >= 0.3 is 0 Å². The number of carbonyl (C=O) groups excluding carboxylic acids is 1. The number of benzene rings is 1. The molecule has 2 aliphatic heterocycles. The van der Waals surface area contributed by atoms with Crippen LogP contribution in [0.3, 0.4) is 0 Å². The highest BCUT2D eigenvalue weighted by molar-refractivity contribution is 5.78. The molecule has 1 aromatic carbocycles. The normalized spacial score (nSPS) is 23.9. The number of piperidine rings is 1. The summed E-state index contributed by atoms with van der Waals surface area (Å²) in [5.74, 6) is 1.93. The van der Waals surface area contributed by atoms with Crippen LogP contribution in [-0.4, -0.2) is 55.6 Å². The number of hydrogen-bond donors (Lipinski definition) is 0. The van der Waals surface area contributed by atoms with Crippen LogP contribution in [0.5, 0.6) is 11.5 Å². The zero-order chi connectivity index (χ0) is 18.5. The minimum atomic E-state index is 0.240. The lowest BCUT2D eigenvalue weighted by Gasteiger charge is -2.37. The molecule has 1 amide bonds. The zero-order valence-corrected chi connectivity index (χ0v) is 16.4. The van der Waals surface area contributed by atoms with Gasteiger partial charge in [-0.1, -0.05) is 13.0 Å². The summed E-state index contributed by atoms with van der Waals surface area (Å²) >= 11 is 0. The highest BCUT2D eigenvalue weighted by Gasteiger charge is 2.33. The van der Waals surface area contributed by atoms with Crippen LogP contribution < -0.4 is 9.47 Å². The summed E-state index contributed by atoms with van der Waals surface area (Å²) in [7, 11) is 3.36. The molecule has 5 heteroatoms. The highest BCUT2D eigenvalue weighted by Crippen LogP contribution is 2.38. The second-order valence-corrected chi connectivity index (χ2v) is 7.38. The molecular formula is C21H32N2O3. The first-order valence-electron chi connectivity index (χ1n) is 9.93. The van der Waals surface area contributed by atoms with Crippen molar-refractivity contribution in [3.63, 3.8) is 0 Å². The Morgan fingerprint density at radius 2 is 1.96 bits per heavy atom. The molecule has 0 aromatic heterocycles. The maximum absolute atomic E-state index is 13.0. The number of amides is 1. The number of carbonyl (C=O) groups is 1. The molecule has 2 saturated heterocycles. The quantitative estimate of drug-likeness (QED) is 0.777. The van der Waals surface area contributed by atoms with E-state index in [2.05, 4.69) is 22.8 Å². The largest absolute Gasteiger partial charge is 0.497 e. The molecule has 2 aliphatic rings. The summed E-state index contributed by atoms with van der Waals surface area (Å²) < 4.78 is 10.9. The predicted molar refractivity (Wildman–Crippen MR) is 103 cm³/mol. The Bertz CT molecular complexity index is 619. The van der Waals surface area contributed by atoms with Crippen molar-refractivity contribution in [2.45, 2.75) is 57.5 Å². The van der Waals surface area contributed by atoms with E-state index in [4.69, 9.17) is 9.47 Å². The van der Waals surface area contributed by atoms with E-state index in [1.165, 1.54) is 6.42 Å². The Kier molecular flexibility index (Phi) is 6.41. The summed E-state index contributed by atoms with van der Waals surface area (Å²) in [5.41, 5.74) is 1.16. The van der Waals surface area contributed by atoms with Gasteiger partial charge in [-0.2, -0.15) is 0 Å². The van der Waals surface area contributed by atoms with Crippen molar-refractivity contribution >= 4 is 5.91 Å². The van der Waals surface area contributed by atoms with E-state index >= 15 is 0 Å². The summed E-state index contributed by atoms with van der Waals surface area (Å²) in [4.78, 5) is 17.4. The van der Waals surface area contributed by atoms with Crippen molar-refractivity contribution in [3.05, 3.63) is 23.8 Å². The van der Waals surface area contributed by atoms with E-state index in [9.17, 15) is 4.79 Å². The maximum Gasteiger partial charge on any atom is 0.237 e. The topological polar surface area (TPSA) is 42.0 Å². The minimum absolute atomic E-state index is 0.240. The fourth-order valence-electron chi connectivity index (χ4n) is 4.48. The Morgan fingerprint density at radius 3 is 2.69 bits per heavy atom. The molecule has 0 aliphatic carbocycles. The van der Waals surface area contributed by atoms with Gasteiger partial charge in [0.1, 0.15) is 11.5 Å². The van der Waals surface area contributed by atoms with E-state index in [0.717, 1.165) is 62.3 Å². The van der Waals surface area contributed by atoms with Crippen LogP contribution in [0.1, 0.15) is 57.1 Å². The first kappa shape index (κ1) is 19.0. The van der Waals surface area contributed by atoms with E-state index < -0.39 is 0 Å². The Balaban J connectivity index is 1.73. The van der Waals surface area contributed by atoms with Crippen molar-refractivity contribution < 1.29 is 14.3 Å². The molecule has 5 nitrogen and oxygen atoms in total. The van der Waals surface area contributed by atoms with Gasteiger partial charge in [0, 0.05) is 30.3 Å².